The first-order valence-electron chi connectivity index (χ1n) is 13.8. The summed E-state index contributed by atoms with van der Waals surface area (Å²) in [5.41, 5.74) is 1.73. The molecule has 8 nitrogen and oxygen atoms in total. The first-order valence-corrected chi connectivity index (χ1v) is 14.2. The van der Waals surface area contributed by atoms with Gasteiger partial charge in [-0.25, -0.2) is 4.98 Å². The van der Waals surface area contributed by atoms with E-state index in [9.17, 15) is 9.59 Å². The summed E-state index contributed by atoms with van der Waals surface area (Å²) in [4.78, 5) is 42.2. The fraction of sp³-hybridized carbons (Fsp3) is 0.607. The molecule has 202 valence electrons. The topological polar surface area (TPSA) is 75.8 Å². The monoisotopic (exact) mass is 528 g/mol. The van der Waals surface area contributed by atoms with Crippen LogP contribution in [0.4, 0.5) is 11.6 Å². The maximum atomic E-state index is 13.1. The van der Waals surface area contributed by atoms with Gasteiger partial charge in [0, 0.05) is 70.9 Å². The summed E-state index contributed by atoms with van der Waals surface area (Å²) in [6.07, 6.45) is 4.94. The molecule has 2 fully saturated rings. The van der Waals surface area contributed by atoms with Gasteiger partial charge in [0.1, 0.15) is 0 Å². The van der Waals surface area contributed by atoms with E-state index < -0.39 is 0 Å². The first kappa shape index (κ1) is 27.5. The fourth-order valence-electron chi connectivity index (χ4n) is 5.37. The Bertz CT molecular complexity index is 1080. The number of unbranched alkanes of at least 4 members (excludes halogenated alkanes) is 1. The molecule has 0 radical (unpaired) electrons. The van der Waals surface area contributed by atoms with Crippen molar-refractivity contribution in [3.8, 4) is 0 Å². The molecule has 1 N–H and O–H groups in total. The molecule has 2 saturated heterocycles. The van der Waals surface area contributed by atoms with Crippen molar-refractivity contribution in [3.63, 3.8) is 0 Å². The van der Waals surface area contributed by atoms with Gasteiger partial charge in [0.2, 0.25) is 11.9 Å². The van der Waals surface area contributed by atoms with Crippen LogP contribution in [-0.2, 0) is 11.3 Å². The fourth-order valence-corrected chi connectivity index (χ4v) is 5.62. The molecule has 1 aromatic heterocycles. The molecule has 3 heterocycles. The summed E-state index contributed by atoms with van der Waals surface area (Å²) in [6, 6.07) is 9.57. The number of nitrogens with zero attached hydrogens (tertiary/aromatic N) is 5. The van der Waals surface area contributed by atoms with Gasteiger partial charge >= 0.3 is 0 Å². The van der Waals surface area contributed by atoms with E-state index >= 15 is 0 Å². The summed E-state index contributed by atoms with van der Waals surface area (Å²) in [5.74, 6) is 1.01. The van der Waals surface area contributed by atoms with Gasteiger partial charge in [-0.1, -0.05) is 50.4 Å². The zero-order chi connectivity index (χ0) is 26.2. The highest BCUT2D eigenvalue weighted by Gasteiger charge is 2.26. The van der Waals surface area contributed by atoms with Gasteiger partial charge in [0.05, 0.1) is 16.4 Å². The summed E-state index contributed by atoms with van der Waals surface area (Å²) >= 11 is 6.38. The minimum absolute atomic E-state index is 0.117. The van der Waals surface area contributed by atoms with Crippen LogP contribution in [0.3, 0.4) is 0 Å². The second-order valence-electron chi connectivity index (χ2n) is 10.2. The van der Waals surface area contributed by atoms with Crippen molar-refractivity contribution < 1.29 is 4.79 Å². The van der Waals surface area contributed by atoms with Gasteiger partial charge in [-0.05, 0) is 31.4 Å². The number of rotatable bonds is 9. The summed E-state index contributed by atoms with van der Waals surface area (Å²) in [7, 11) is 0. The van der Waals surface area contributed by atoms with Gasteiger partial charge in [0.15, 0.2) is 0 Å². The van der Waals surface area contributed by atoms with Crippen molar-refractivity contribution in [1.29, 1.82) is 0 Å². The smallest absolute Gasteiger partial charge is 0.252 e. The average molecular weight is 529 g/mol. The predicted octanol–water partition coefficient (Wildman–Crippen LogP) is 4.00. The van der Waals surface area contributed by atoms with Crippen molar-refractivity contribution in [1.82, 2.24) is 19.8 Å². The Morgan fingerprint density at radius 3 is 2.51 bits per heavy atom. The number of aromatic amines is 1. The number of aromatic nitrogens is 2. The Labute approximate surface area is 225 Å². The average Bonchev–Trinajstić information content (AvgIpc) is 3.16. The number of hydrogen-bond acceptors (Lipinski definition) is 6. The molecule has 0 unspecified atom stereocenters. The molecule has 2 aliphatic heterocycles. The number of H-pyrrole nitrogens is 1. The number of nitrogens with one attached hydrogen (secondary N) is 1. The molecule has 0 aliphatic carbocycles. The number of carbonyl (C=O) groups is 1. The van der Waals surface area contributed by atoms with Gasteiger partial charge in [-0.2, -0.15) is 0 Å². The van der Waals surface area contributed by atoms with Crippen molar-refractivity contribution in [2.24, 2.45) is 5.92 Å². The van der Waals surface area contributed by atoms with Crippen LogP contribution in [0.5, 0.6) is 0 Å². The van der Waals surface area contributed by atoms with Gasteiger partial charge in [-0.3, -0.25) is 19.5 Å². The third-order valence-corrected chi connectivity index (χ3v) is 7.91. The van der Waals surface area contributed by atoms with Crippen molar-refractivity contribution in [2.45, 2.75) is 52.5 Å². The molecule has 37 heavy (non-hydrogen) atoms. The molecule has 0 bridgehead atoms. The largest absolute Gasteiger partial charge is 0.368 e. The minimum atomic E-state index is -0.127. The van der Waals surface area contributed by atoms with Crippen LogP contribution in [0.15, 0.2) is 35.1 Å². The van der Waals surface area contributed by atoms with Crippen molar-refractivity contribution in [2.75, 3.05) is 62.2 Å². The van der Waals surface area contributed by atoms with E-state index in [0.717, 1.165) is 87.8 Å². The van der Waals surface area contributed by atoms with Crippen LogP contribution >= 0.6 is 11.6 Å². The molecule has 1 aromatic carbocycles. The quantitative estimate of drug-likeness (QED) is 0.530. The van der Waals surface area contributed by atoms with E-state index in [4.69, 9.17) is 16.6 Å². The number of amides is 1. The number of anilines is 2. The lowest BCUT2D eigenvalue weighted by atomic mass is 9.97. The van der Waals surface area contributed by atoms with Crippen molar-refractivity contribution >= 4 is 29.1 Å². The first-order chi connectivity index (χ1) is 18.0. The summed E-state index contributed by atoms with van der Waals surface area (Å²) < 4.78 is 0. The highest BCUT2D eigenvalue weighted by molar-refractivity contribution is 6.33. The lowest BCUT2D eigenvalue weighted by Crippen LogP contribution is -2.46. The minimum Gasteiger partial charge on any atom is -0.368 e. The standard InChI is InChI=1S/C28H41ClN6O2/c1-3-5-9-22(4-2)27(37)34-12-8-13-35(19-18-34)28-30-23(20-26(36)31-28)21-32-14-16-33(17-15-32)25-11-7-6-10-24(25)29/h6-7,10-11,20,22H,3-5,8-9,12-19,21H2,1-2H3,(H,30,31,36)/t22-/m1/s1. The summed E-state index contributed by atoms with van der Waals surface area (Å²) in [6.45, 7) is 11.3. The third-order valence-electron chi connectivity index (χ3n) is 7.59. The molecular formula is C28H41ClN6O2. The van der Waals surface area contributed by atoms with E-state index in [0.29, 0.717) is 25.6 Å². The Morgan fingerprint density at radius 1 is 1.03 bits per heavy atom. The van der Waals surface area contributed by atoms with Crippen LogP contribution in [-0.4, -0.2) is 78.0 Å². The van der Waals surface area contributed by atoms with Crippen LogP contribution in [0.25, 0.3) is 0 Å². The number of para-hydroxylation sites is 1. The zero-order valence-electron chi connectivity index (χ0n) is 22.3. The lowest BCUT2D eigenvalue weighted by Gasteiger charge is -2.36. The van der Waals surface area contributed by atoms with E-state index in [1.165, 1.54) is 0 Å². The van der Waals surface area contributed by atoms with E-state index in [1.54, 1.807) is 6.07 Å². The molecule has 0 saturated carbocycles. The number of carbonyl (C=O) groups excluding carboxylic acids is 1. The van der Waals surface area contributed by atoms with Crippen LogP contribution < -0.4 is 15.4 Å². The highest BCUT2D eigenvalue weighted by Crippen LogP contribution is 2.26. The number of halogens is 1. The molecule has 9 heteroatoms. The van der Waals surface area contributed by atoms with Crippen LogP contribution in [0, 0.1) is 5.92 Å². The maximum absolute atomic E-state index is 13.1. The zero-order valence-corrected chi connectivity index (χ0v) is 23.1. The Kier molecular flexibility index (Phi) is 9.86. The van der Waals surface area contributed by atoms with Crippen LogP contribution in [0.2, 0.25) is 5.02 Å². The lowest BCUT2D eigenvalue weighted by molar-refractivity contribution is -0.135. The number of piperazine rings is 1. The molecule has 2 aromatic rings. The molecule has 4 rings (SSSR count). The summed E-state index contributed by atoms with van der Waals surface area (Å²) in [5, 5.41) is 0.778. The normalized spacial score (nSPS) is 18.1. The van der Waals surface area contributed by atoms with Gasteiger partial charge in [0.25, 0.3) is 5.56 Å². The third kappa shape index (κ3) is 7.26. The van der Waals surface area contributed by atoms with Gasteiger partial charge < -0.3 is 14.7 Å². The SMILES string of the molecule is CCCC[C@@H](CC)C(=O)N1CCCN(c2nc(CN3CCN(c4ccccc4Cl)CC3)cc(=O)[nH]2)CC1. The maximum Gasteiger partial charge on any atom is 0.252 e. The Balaban J connectivity index is 1.35. The van der Waals surface area contributed by atoms with Crippen LogP contribution in [0.1, 0.15) is 51.6 Å². The van der Waals surface area contributed by atoms with E-state index in [2.05, 4.69) is 39.6 Å². The van der Waals surface area contributed by atoms with Crippen molar-refractivity contribution in [3.05, 3.63) is 51.4 Å². The Hall–Kier alpha value is -2.58. The molecule has 1 amide bonds. The van der Waals surface area contributed by atoms with E-state index in [1.807, 2.05) is 23.1 Å². The molecule has 2 aliphatic rings. The van der Waals surface area contributed by atoms with E-state index in [-0.39, 0.29) is 17.4 Å². The molecule has 0 spiro atoms. The molecule has 1 atom stereocenters. The second-order valence-corrected chi connectivity index (χ2v) is 10.6. The molecular weight excluding hydrogens is 488 g/mol. The van der Waals surface area contributed by atoms with Gasteiger partial charge in [-0.15, -0.1) is 0 Å². The number of benzene rings is 1. The highest BCUT2D eigenvalue weighted by atomic mass is 35.5. The number of hydrogen-bond donors (Lipinski definition) is 1. The second kappa shape index (κ2) is 13.3. The Morgan fingerprint density at radius 2 is 1.78 bits per heavy atom. The predicted molar refractivity (Wildman–Crippen MR) is 151 cm³/mol.